The molecule has 1 fully saturated rings. The maximum Gasteiger partial charge on any atom is 0.411 e. The van der Waals surface area contributed by atoms with E-state index in [9.17, 15) is 33.1 Å². The van der Waals surface area contributed by atoms with Gasteiger partial charge in [0, 0.05) is 11.5 Å². The number of aliphatic carboxylic acids is 1. The molecule has 4 rings (SSSR count). The van der Waals surface area contributed by atoms with Gasteiger partial charge in [0.1, 0.15) is 34.7 Å². The number of carboxylic acid groups (broad SMARTS) is 1. The molecule has 2 heterocycles. The highest BCUT2D eigenvalue weighted by Crippen LogP contribution is 2.31. The number of pyridine rings is 1. The lowest BCUT2D eigenvalue weighted by molar-refractivity contribution is -0.153. The highest BCUT2D eigenvalue weighted by atomic mass is 19.1. The summed E-state index contributed by atoms with van der Waals surface area (Å²) in [6.07, 6.45) is -0.278. The molecular formula is C37H43F3N4O8. The van der Waals surface area contributed by atoms with Crippen LogP contribution in [0.1, 0.15) is 70.6 Å². The Bertz CT molecular complexity index is 1700. The smallest absolute Gasteiger partial charge is 0.411 e. The number of hydrogen-bond acceptors (Lipinski definition) is 8. The van der Waals surface area contributed by atoms with Crippen LogP contribution in [0.3, 0.4) is 0 Å². The van der Waals surface area contributed by atoms with E-state index in [1.165, 1.54) is 54.7 Å². The average Bonchev–Trinajstić information content (AvgIpc) is 3.04. The molecule has 12 nitrogen and oxygen atoms in total. The van der Waals surface area contributed by atoms with Crippen molar-refractivity contribution in [2.24, 2.45) is 0 Å². The summed E-state index contributed by atoms with van der Waals surface area (Å²) in [5.74, 6) is -4.97. The molecule has 0 bridgehead atoms. The Labute approximate surface area is 299 Å². The standard InChI is InChI=1S/C37H43F3N4O8/c1-36(2,3)51-34(48)43-31(30(21-7-11-23(38)12-8-21)22-9-13-24(39)14-10-22)32(45)42-28-18-41-17-27(40)26(28)16-15-25-19-44(29(20-50-25)33(46)47)35(49)52-37(4,5)6/h7-14,17-18,25,29-31H,15-16,19-20H2,1-6H3,(H,42,45)(H,43,48)(H,46,47)/t25-,29+,31+/m1/s1. The number of anilines is 1. The van der Waals surface area contributed by atoms with E-state index in [0.717, 1.165) is 11.1 Å². The second-order valence-electron chi connectivity index (χ2n) is 14.3. The Morgan fingerprint density at radius 1 is 0.904 bits per heavy atom. The van der Waals surface area contributed by atoms with E-state index >= 15 is 4.39 Å². The van der Waals surface area contributed by atoms with Crippen LogP contribution in [-0.4, -0.2) is 81.6 Å². The first-order valence-corrected chi connectivity index (χ1v) is 16.6. The number of carboxylic acids is 1. The number of nitrogens with zero attached hydrogens (tertiary/aromatic N) is 2. The van der Waals surface area contributed by atoms with Gasteiger partial charge in [-0.05, 0) is 89.8 Å². The van der Waals surface area contributed by atoms with E-state index in [0.29, 0.717) is 11.1 Å². The summed E-state index contributed by atoms with van der Waals surface area (Å²) in [6, 6.07) is 7.67. The molecule has 15 heteroatoms. The molecule has 3 amide bonds. The fourth-order valence-electron chi connectivity index (χ4n) is 5.61. The van der Waals surface area contributed by atoms with Gasteiger partial charge in [-0.25, -0.2) is 27.6 Å². The molecule has 3 atom stereocenters. The first-order chi connectivity index (χ1) is 24.3. The molecule has 1 aliphatic heterocycles. The minimum atomic E-state index is -1.46. The Hall–Kier alpha value is -5.18. The fraction of sp³-hybridized carbons (Fsp3) is 0.432. The second-order valence-corrected chi connectivity index (χ2v) is 14.3. The van der Waals surface area contributed by atoms with Crippen molar-refractivity contribution in [2.45, 2.75) is 89.7 Å². The minimum absolute atomic E-state index is 0.0206. The van der Waals surface area contributed by atoms with Crippen molar-refractivity contribution in [2.75, 3.05) is 18.5 Å². The Kier molecular flexibility index (Phi) is 12.5. The van der Waals surface area contributed by atoms with Gasteiger partial charge in [-0.2, -0.15) is 0 Å². The van der Waals surface area contributed by atoms with Gasteiger partial charge in [-0.1, -0.05) is 24.3 Å². The number of hydrogen-bond donors (Lipinski definition) is 3. The van der Waals surface area contributed by atoms with Gasteiger partial charge in [0.15, 0.2) is 6.04 Å². The summed E-state index contributed by atoms with van der Waals surface area (Å²) < 4.78 is 60.0. The first-order valence-electron chi connectivity index (χ1n) is 16.6. The third-order valence-electron chi connectivity index (χ3n) is 7.90. The lowest BCUT2D eigenvalue weighted by Crippen LogP contribution is -2.56. The number of aromatic nitrogens is 1. The quantitative estimate of drug-likeness (QED) is 0.222. The monoisotopic (exact) mass is 728 g/mol. The predicted molar refractivity (Wildman–Crippen MR) is 183 cm³/mol. The number of carbonyl (C=O) groups excluding carboxylic acids is 3. The molecule has 280 valence electrons. The van der Waals surface area contributed by atoms with Crippen molar-refractivity contribution >= 4 is 29.8 Å². The molecule has 0 unspecified atom stereocenters. The molecule has 2 aromatic carbocycles. The van der Waals surface area contributed by atoms with Crippen LogP contribution in [0, 0.1) is 17.5 Å². The van der Waals surface area contributed by atoms with Gasteiger partial charge in [0.2, 0.25) is 5.91 Å². The highest BCUT2D eigenvalue weighted by molar-refractivity contribution is 5.98. The maximum atomic E-state index is 15.4. The van der Waals surface area contributed by atoms with Crippen LogP contribution in [0.5, 0.6) is 0 Å². The number of benzene rings is 2. The van der Waals surface area contributed by atoms with Crippen molar-refractivity contribution in [3.8, 4) is 0 Å². The van der Waals surface area contributed by atoms with Crippen molar-refractivity contribution in [3.05, 3.63) is 95.1 Å². The van der Waals surface area contributed by atoms with Crippen molar-refractivity contribution < 1.29 is 51.7 Å². The molecule has 1 aliphatic rings. The topological polar surface area (TPSA) is 156 Å². The Balaban J connectivity index is 1.63. The van der Waals surface area contributed by atoms with Crippen LogP contribution >= 0.6 is 0 Å². The molecular weight excluding hydrogens is 685 g/mol. The fourth-order valence-corrected chi connectivity index (χ4v) is 5.61. The van der Waals surface area contributed by atoms with E-state index in [2.05, 4.69) is 15.6 Å². The van der Waals surface area contributed by atoms with E-state index in [-0.39, 0.29) is 37.2 Å². The second kappa shape index (κ2) is 16.4. The number of amides is 3. The van der Waals surface area contributed by atoms with Gasteiger partial charge >= 0.3 is 18.2 Å². The lowest BCUT2D eigenvalue weighted by Gasteiger charge is -2.38. The average molecular weight is 729 g/mol. The number of nitrogens with one attached hydrogen (secondary N) is 2. The van der Waals surface area contributed by atoms with E-state index in [1.54, 1.807) is 41.5 Å². The zero-order chi connectivity index (χ0) is 38.4. The van der Waals surface area contributed by atoms with Gasteiger partial charge in [0.25, 0.3) is 0 Å². The lowest BCUT2D eigenvalue weighted by atomic mass is 9.84. The minimum Gasteiger partial charge on any atom is -0.480 e. The van der Waals surface area contributed by atoms with Crippen LogP contribution in [0.25, 0.3) is 0 Å². The Morgan fingerprint density at radius 3 is 1.98 bits per heavy atom. The normalized spacial score (nSPS) is 16.9. The summed E-state index contributed by atoms with van der Waals surface area (Å²) in [4.78, 5) is 57.0. The van der Waals surface area contributed by atoms with Crippen LogP contribution in [-0.2, 0) is 30.2 Å². The number of alkyl carbamates (subject to hydrolysis) is 1. The van der Waals surface area contributed by atoms with Crippen molar-refractivity contribution in [1.29, 1.82) is 0 Å². The van der Waals surface area contributed by atoms with Crippen LogP contribution in [0.2, 0.25) is 0 Å². The van der Waals surface area contributed by atoms with Crippen LogP contribution in [0.15, 0.2) is 60.9 Å². The largest absolute Gasteiger partial charge is 0.480 e. The molecule has 1 aromatic heterocycles. The van der Waals surface area contributed by atoms with Crippen molar-refractivity contribution in [3.63, 3.8) is 0 Å². The molecule has 0 aliphatic carbocycles. The highest BCUT2D eigenvalue weighted by Gasteiger charge is 2.39. The molecule has 52 heavy (non-hydrogen) atoms. The molecule has 0 radical (unpaired) electrons. The summed E-state index contributed by atoms with van der Waals surface area (Å²) >= 11 is 0. The summed E-state index contributed by atoms with van der Waals surface area (Å²) in [5, 5.41) is 14.9. The first kappa shape index (κ1) is 39.6. The third-order valence-corrected chi connectivity index (χ3v) is 7.90. The summed E-state index contributed by atoms with van der Waals surface area (Å²) in [6.45, 7) is 9.37. The zero-order valence-electron chi connectivity index (χ0n) is 29.7. The molecule has 3 N–H and O–H groups in total. The maximum absolute atomic E-state index is 15.4. The Morgan fingerprint density at radius 2 is 1.46 bits per heavy atom. The number of ether oxygens (including phenoxy) is 3. The SMILES string of the molecule is CC(C)(C)OC(=O)N[C@H](C(=O)Nc1cncc(F)c1CC[C@@H]1CN(C(=O)OC(C)(C)C)[C@H](C(=O)O)CO1)C(c1ccc(F)cc1)c1ccc(F)cc1. The predicted octanol–water partition coefficient (Wildman–Crippen LogP) is 6.18. The van der Waals surface area contributed by atoms with Gasteiger partial charge in [-0.15, -0.1) is 0 Å². The zero-order valence-corrected chi connectivity index (χ0v) is 29.7. The summed E-state index contributed by atoms with van der Waals surface area (Å²) in [7, 11) is 0. The number of morpholine rings is 1. The van der Waals surface area contributed by atoms with E-state index in [1.807, 2.05) is 0 Å². The molecule has 0 saturated carbocycles. The molecule has 3 aromatic rings. The van der Waals surface area contributed by atoms with Crippen LogP contribution in [0.4, 0.5) is 28.4 Å². The van der Waals surface area contributed by atoms with Gasteiger partial charge in [-0.3, -0.25) is 14.7 Å². The number of halogens is 3. The number of carbonyl (C=O) groups is 4. The van der Waals surface area contributed by atoms with Crippen molar-refractivity contribution in [1.82, 2.24) is 15.2 Å². The van der Waals surface area contributed by atoms with E-state index < -0.39 is 76.8 Å². The third kappa shape index (κ3) is 10.9. The number of rotatable bonds is 10. The molecule has 0 spiro atoms. The summed E-state index contributed by atoms with van der Waals surface area (Å²) in [5.41, 5.74) is -1.06. The molecule has 1 saturated heterocycles. The van der Waals surface area contributed by atoms with Gasteiger partial charge in [0.05, 0.1) is 37.3 Å². The van der Waals surface area contributed by atoms with Crippen LogP contribution < -0.4 is 10.6 Å². The van der Waals surface area contributed by atoms with E-state index in [4.69, 9.17) is 14.2 Å². The van der Waals surface area contributed by atoms with Gasteiger partial charge < -0.3 is 30.0 Å².